The number of aliphatic hydroxyl groups excluding tert-OH is 1. The zero-order valence-electron chi connectivity index (χ0n) is 16.2. The van der Waals surface area contributed by atoms with Gasteiger partial charge in [-0.15, -0.1) is 0 Å². The zero-order chi connectivity index (χ0) is 22.3. The summed E-state index contributed by atoms with van der Waals surface area (Å²) in [6, 6.07) is -4.35. The molecule has 12 nitrogen and oxygen atoms in total. The van der Waals surface area contributed by atoms with E-state index in [4.69, 9.17) is 10.8 Å². The van der Waals surface area contributed by atoms with Gasteiger partial charge in [0.2, 0.25) is 17.7 Å². The average Bonchev–Trinajstić information content (AvgIpc) is 3.40. The normalized spacial score (nSPS) is 19.0. The van der Waals surface area contributed by atoms with Gasteiger partial charge in [-0.25, -0.2) is 9.78 Å². The van der Waals surface area contributed by atoms with E-state index in [0.29, 0.717) is 25.1 Å². The minimum atomic E-state index is -1.37. The van der Waals surface area contributed by atoms with Crippen molar-refractivity contribution < 1.29 is 29.4 Å². The molecule has 1 aliphatic heterocycles. The lowest BCUT2D eigenvalue weighted by molar-refractivity contribution is -0.142. The fourth-order valence-electron chi connectivity index (χ4n) is 3.16. The number of carbonyl (C=O) groups is 4. The summed E-state index contributed by atoms with van der Waals surface area (Å²) in [5, 5.41) is 23.0. The molecule has 13 heteroatoms. The molecule has 1 aromatic rings. The molecule has 2 rings (SSSR count). The standard InChI is InChI=1S/C17H26N6O6S/c18-10(4-9-5-19-8-20-9)16(27)23-3-1-2-13(23)15(26)21-11(6-24)14(25)22-12(7-30)17(28)29/h5,8,10-13,24,30H,1-4,6-7,18H2,(H,19,20)(H,21,26)(H,22,25)(H,28,29). The Labute approximate surface area is 178 Å². The number of aliphatic carboxylic acids is 1. The van der Waals surface area contributed by atoms with Gasteiger partial charge in [-0.3, -0.25) is 14.4 Å². The molecule has 1 fully saturated rings. The number of nitrogens with one attached hydrogen (secondary N) is 3. The van der Waals surface area contributed by atoms with Gasteiger partial charge in [0.25, 0.3) is 0 Å². The fraction of sp³-hybridized carbons (Fsp3) is 0.588. The Balaban J connectivity index is 1.98. The summed E-state index contributed by atoms with van der Waals surface area (Å²) in [4.78, 5) is 56.7. The van der Waals surface area contributed by atoms with Crippen LogP contribution in [-0.4, -0.2) is 91.8 Å². The highest BCUT2D eigenvalue weighted by Crippen LogP contribution is 2.19. The van der Waals surface area contributed by atoms with Gasteiger partial charge < -0.3 is 36.5 Å². The number of aromatic nitrogens is 2. The third kappa shape index (κ3) is 5.93. The Morgan fingerprint density at radius 3 is 2.63 bits per heavy atom. The molecule has 7 N–H and O–H groups in total. The van der Waals surface area contributed by atoms with Crippen LogP contribution in [0.4, 0.5) is 0 Å². The van der Waals surface area contributed by atoms with Crippen LogP contribution in [0.15, 0.2) is 12.5 Å². The minimum Gasteiger partial charge on any atom is -0.480 e. The number of nitrogens with zero attached hydrogens (tertiary/aromatic N) is 2. The molecule has 30 heavy (non-hydrogen) atoms. The first-order chi connectivity index (χ1) is 14.3. The van der Waals surface area contributed by atoms with Gasteiger partial charge in [0, 0.05) is 30.6 Å². The molecule has 4 atom stereocenters. The number of hydrogen-bond donors (Lipinski definition) is 7. The molecule has 3 amide bonds. The topological polar surface area (TPSA) is 191 Å². The summed E-state index contributed by atoms with van der Waals surface area (Å²) in [6.07, 6.45) is 4.22. The maximum atomic E-state index is 12.7. The quantitative estimate of drug-likeness (QED) is 0.190. The van der Waals surface area contributed by atoms with Crippen molar-refractivity contribution in [3.63, 3.8) is 0 Å². The molecule has 1 aromatic heterocycles. The van der Waals surface area contributed by atoms with Gasteiger partial charge in [0.15, 0.2) is 0 Å². The number of nitrogens with two attached hydrogens (primary N) is 1. The van der Waals surface area contributed by atoms with Gasteiger partial charge >= 0.3 is 5.97 Å². The summed E-state index contributed by atoms with van der Waals surface area (Å²) in [7, 11) is 0. The SMILES string of the molecule is NC(Cc1cnc[nH]1)C(=O)N1CCCC1C(=O)NC(CO)C(=O)NC(CS)C(=O)O. The molecule has 0 aromatic carbocycles. The molecule has 2 heterocycles. The Bertz CT molecular complexity index is 760. The molecule has 1 saturated heterocycles. The van der Waals surface area contributed by atoms with Crippen molar-refractivity contribution in [2.45, 2.75) is 43.4 Å². The molecule has 1 aliphatic rings. The number of rotatable bonds is 10. The largest absolute Gasteiger partial charge is 0.480 e. The number of hydrogen-bond acceptors (Lipinski definition) is 8. The first kappa shape index (κ1) is 23.6. The van der Waals surface area contributed by atoms with E-state index in [1.54, 1.807) is 6.20 Å². The summed E-state index contributed by atoms with van der Waals surface area (Å²) in [5.41, 5.74) is 6.67. The molecule has 0 spiro atoms. The summed E-state index contributed by atoms with van der Waals surface area (Å²) >= 11 is 3.85. The molecule has 0 bridgehead atoms. The maximum absolute atomic E-state index is 12.7. The van der Waals surface area contributed by atoms with E-state index < -0.39 is 54.5 Å². The molecule has 0 radical (unpaired) electrons. The predicted molar refractivity (Wildman–Crippen MR) is 107 cm³/mol. The van der Waals surface area contributed by atoms with Crippen LogP contribution < -0.4 is 16.4 Å². The van der Waals surface area contributed by atoms with E-state index >= 15 is 0 Å². The third-order valence-corrected chi connectivity index (χ3v) is 5.13. The Morgan fingerprint density at radius 2 is 2.07 bits per heavy atom. The van der Waals surface area contributed by atoms with E-state index in [1.807, 2.05) is 0 Å². The molecule has 4 unspecified atom stereocenters. The molecule has 0 saturated carbocycles. The molecule has 166 valence electrons. The van der Waals surface area contributed by atoms with Crippen molar-refractivity contribution in [2.24, 2.45) is 5.73 Å². The van der Waals surface area contributed by atoms with Crippen molar-refractivity contribution in [2.75, 3.05) is 18.9 Å². The van der Waals surface area contributed by atoms with Crippen molar-refractivity contribution in [3.8, 4) is 0 Å². The number of aliphatic hydroxyl groups is 1. The number of carboxylic acids is 1. The monoisotopic (exact) mass is 442 g/mol. The van der Waals surface area contributed by atoms with Crippen LogP contribution in [0.25, 0.3) is 0 Å². The van der Waals surface area contributed by atoms with Gasteiger partial charge in [0.1, 0.15) is 18.1 Å². The summed E-state index contributed by atoms with van der Waals surface area (Å²) in [6.45, 7) is -0.402. The number of imidazole rings is 1. The Hall–Kier alpha value is -2.64. The van der Waals surface area contributed by atoms with Crippen LogP contribution in [0.1, 0.15) is 18.5 Å². The smallest absolute Gasteiger partial charge is 0.327 e. The number of amides is 3. The maximum Gasteiger partial charge on any atom is 0.327 e. The van der Waals surface area contributed by atoms with Crippen LogP contribution in [0.2, 0.25) is 0 Å². The van der Waals surface area contributed by atoms with Crippen LogP contribution >= 0.6 is 12.6 Å². The third-order valence-electron chi connectivity index (χ3n) is 4.76. The minimum absolute atomic E-state index is 0.160. The van der Waals surface area contributed by atoms with Crippen molar-refractivity contribution >= 4 is 36.3 Å². The fourth-order valence-corrected chi connectivity index (χ4v) is 3.40. The first-order valence-corrected chi connectivity index (χ1v) is 10.00. The van der Waals surface area contributed by atoms with E-state index in [2.05, 4.69) is 33.2 Å². The Kier molecular flexibility index (Phi) is 8.62. The second kappa shape index (κ2) is 10.9. The van der Waals surface area contributed by atoms with E-state index in [9.17, 15) is 24.3 Å². The number of H-pyrrole nitrogens is 1. The highest BCUT2D eigenvalue weighted by atomic mass is 32.1. The van der Waals surface area contributed by atoms with Crippen LogP contribution in [0.5, 0.6) is 0 Å². The predicted octanol–water partition coefficient (Wildman–Crippen LogP) is -2.75. The van der Waals surface area contributed by atoms with E-state index in [1.165, 1.54) is 11.2 Å². The van der Waals surface area contributed by atoms with Gasteiger partial charge in [-0.05, 0) is 12.8 Å². The highest BCUT2D eigenvalue weighted by molar-refractivity contribution is 7.80. The number of likely N-dealkylation sites (tertiary alicyclic amines) is 1. The van der Waals surface area contributed by atoms with Crippen LogP contribution in [-0.2, 0) is 25.6 Å². The van der Waals surface area contributed by atoms with Crippen molar-refractivity contribution in [1.29, 1.82) is 0 Å². The van der Waals surface area contributed by atoms with Gasteiger partial charge in [-0.2, -0.15) is 12.6 Å². The van der Waals surface area contributed by atoms with Gasteiger partial charge in [0.05, 0.1) is 19.0 Å². The molecular formula is C17H26N6O6S. The molecular weight excluding hydrogens is 416 g/mol. The summed E-state index contributed by atoms with van der Waals surface area (Å²) in [5.74, 6) is -3.35. The van der Waals surface area contributed by atoms with E-state index in [-0.39, 0.29) is 12.2 Å². The first-order valence-electron chi connectivity index (χ1n) is 9.37. The second-order valence-electron chi connectivity index (χ2n) is 6.90. The van der Waals surface area contributed by atoms with Crippen LogP contribution in [0.3, 0.4) is 0 Å². The number of thiol groups is 1. The van der Waals surface area contributed by atoms with E-state index in [0.717, 1.165) is 0 Å². The summed E-state index contributed by atoms with van der Waals surface area (Å²) < 4.78 is 0. The van der Waals surface area contributed by atoms with Crippen LogP contribution in [0, 0.1) is 0 Å². The average molecular weight is 442 g/mol. The number of carbonyl (C=O) groups excluding carboxylic acids is 3. The Morgan fingerprint density at radius 1 is 1.33 bits per heavy atom. The number of aromatic amines is 1. The second-order valence-corrected chi connectivity index (χ2v) is 7.27. The van der Waals surface area contributed by atoms with Crippen molar-refractivity contribution in [1.82, 2.24) is 25.5 Å². The van der Waals surface area contributed by atoms with Crippen molar-refractivity contribution in [3.05, 3.63) is 18.2 Å². The van der Waals surface area contributed by atoms with Gasteiger partial charge in [-0.1, -0.05) is 0 Å². The lowest BCUT2D eigenvalue weighted by Crippen LogP contribution is -2.58. The number of carboxylic acid groups (broad SMARTS) is 1. The lowest BCUT2D eigenvalue weighted by atomic mass is 10.1. The lowest BCUT2D eigenvalue weighted by Gasteiger charge is -2.28. The highest BCUT2D eigenvalue weighted by Gasteiger charge is 2.37. The zero-order valence-corrected chi connectivity index (χ0v) is 17.0. The molecule has 0 aliphatic carbocycles.